The van der Waals surface area contributed by atoms with Gasteiger partial charge in [-0.3, -0.25) is 0 Å². The predicted octanol–water partition coefficient (Wildman–Crippen LogP) is 4.29. The van der Waals surface area contributed by atoms with Crippen LogP contribution >= 0.6 is 27.3 Å². The van der Waals surface area contributed by atoms with Crippen LogP contribution in [0.1, 0.15) is 23.5 Å². The first-order valence-corrected chi connectivity index (χ1v) is 7.47. The van der Waals surface area contributed by atoms with E-state index in [1.54, 1.807) is 11.3 Å². The third-order valence-electron chi connectivity index (χ3n) is 2.69. The molecule has 2 atom stereocenters. The van der Waals surface area contributed by atoms with Gasteiger partial charge in [0.25, 0.3) is 0 Å². The van der Waals surface area contributed by atoms with Gasteiger partial charge in [0.15, 0.2) is 0 Å². The zero-order valence-corrected chi connectivity index (χ0v) is 12.8. The first kappa shape index (κ1) is 13.6. The highest BCUT2D eigenvalue weighted by Gasteiger charge is 2.19. The van der Waals surface area contributed by atoms with Crippen LogP contribution in [0.3, 0.4) is 0 Å². The summed E-state index contributed by atoms with van der Waals surface area (Å²) in [6.45, 7) is 4.01. The maximum atomic E-state index is 6.07. The zero-order valence-electron chi connectivity index (χ0n) is 10.4. The zero-order chi connectivity index (χ0) is 13.1. The molecule has 0 radical (unpaired) electrons. The molecule has 2 rings (SSSR count). The monoisotopic (exact) mass is 325 g/mol. The van der Waals surface area contributed by atoms with Gasteiger partial charge in [0.2, 0.25) is 0 Å². The van der Waals surface area contributed by atoms with Crippen LogP contribution in [-0.2, 0) is 0 Å². The SMILES string of the molecule is Cc1cc(Br)ccc1OC(c1cccs1)C(C)N. The summed E-state index contributed by atoms with van der Waals surface area (Å²) in [6, 6.07) is 10.0. The van der Waals surface area contributed by atoms with Gasteiger partial charge >= 0.3 is 0 Å². The number of rotatable bonds is 4. The van der Waals surface area contributed by atoms with E-state index in [1.165, 1.54) is 0 Å². The van der Waals surface area contributed by atoms with Crippen molar-refractivity contribution in [1.82, 2.24) is 0 Å². The molecule has 1 aromatic carbocycles. The first-order chi connectivity index (χ1) is 8.58. The molecule has 96 valence electrons. The maximum Gasteiger partial charge on any atom is 0.148 e. The molecule has 0 saturated carbocycles. The molecule has 4 heteroatoms. The van der Waals surface area contributed by atoms with E-state index in [0.717, 1.165) is 20.7 Å². The highest BCUT2D eigenvalue weighted by Crippen LogP contribution is 2.30. The fourth-order valence-electron chi connectivity index (χ4n) is 1.76. The molecule has 0 aliphatic rings. The lowest BCUT2D eigenvalue weighted by atomic mass is 10.1. The molecule has 2 unspecified atom stereocenters. The number of hydrogen-bond acceptors (Lipinski definition) is 3. The Morgan fingerprint density at radius 3 is 2.67 bits per heavy atom. The second-order valence-corrected chi connectivity index (χ2v) is 6.22. The standard InChI is InChI=1S/C14H16BrNOS/c1-9-8-11(15)5-6-12(9)17-14(10(2)16)13-4-3-7-18-13/h3-8,10,14H,16H2,1-2H3. The Balaban J connectivity index is 2.24. The van der Waals surface area contributed by atoms with Crippen molar-refractivity contribution in [3.8, 4) is 5.75 Å². The number of thiophene rings is 1. The van der Waals surface area contributed by atoms with Gasteiger partial charge in [-0.05, 0) is 49.1 Å². The van der Waals surface area contributed by atoms with Crippen LogP contribution in [0.25, 0.3) is 0 Å². The number of aryl methyl sites for hydroxylation is 1. The molecular weight excluding hydrogens is 310 g/mol. The Labute approximate surface area is 120 Å². The molecule has 0 spiro atoms. The van der Waals surface area contributed by atoms with Crippen molar-refractivity contribution in [2.75, 3.05) is 0 Å². The van der Waals surface area contributed by atoms with Crippen LogP contribution < -0.4 is 10.5 Å². The van der Waals surface area contributed by atoms with E-state index in [0.29, 0.717) is 0 Å². The number of ether oxygens (including phenoxy) is 1. The first-order valence-electron chi connectivity index (χ1n) is 5.79. The molecule has 2 nitrogen and oxygen atoms in total. The summed E-state index contributed by atoms with van der Waals surface area (Å²) in [5.74, 6) is 0.883. The van der Waals surface area contributed by atoms with Crippen molar-refractivity contribution < 1.29 is 4.74 Å². The molecule has 0 aliphatic carbocycles. The minimum atomic E-state index is -0.0927. The van der Waals surface area contributed by atoms with Gasteiger partial charge < -0.3 is 10.5 Å². The normalized spacial score (nSPS) is 14.2. The van der Waals surface area contributed by atoms with E-state index in [1.807, 2.05) is 43.5 Å². The molecule has 2 N–H and O–H groups in total. The fourth-order valence-corrected chi connectivity index (χ4v) is 3.10. The molecular formula is C14H16BrNOS. The number of halogens is 1. The summed E-state index contributed by atoms with van der Waals surface area (Å²) in [6.07, 6.45) is -0.0927. The Bertz CT molecular complexity index is 511. The lowest BCUT2D eigenvalue weighted by Gasteiger charge is -2.22. The van der Waals surface area contributed by atoms with Crippen LogP contribution in [0.4, 0.5) is 0 Å². The average molecular weight is 326 g/mol. The fraction of sp³-hybridized carbons (Fsp3) is 0.286. The van der Waals surface area contributed by atoms with Gasteiger partial charge in [0.1, 0.15) is 11.9 Å². The van der Waals surface area contributed by atoms with Crippen LogP contribution in [0.5, 0.6) is 5.75 Å². The van der Waals surface area contributed by atoms with Gasteiger partial charge in [0.05, 0.1) is 0 Å². The highest BCUT2D eigenvalue weighted by atomic mass is 79.9. The number of nitrogens with two attached hydrogens (primary N) is 1. The maximum absolute atomic E-state index is 6.07. The van der Waals surface area contributed by atoms with E-state index in [9.17, 15) is 0 Å². The average Bonchev–Trinajstić information content (AvgIpc) is 2.80. The summed E-state index contributed by atoms with van der Waals surface area (Å²) in [7, 11) is 0. The number of benzene rings is 1. The van der Waals surface area contributed by atoms with Crippen molar-refractivity contribution in [2.24, 2.45) is 5.73 Å². The van der Waals surface area contributed by atoms with Crippen LogP contribution in [-0.4, -0.2) is 6.04 Å². The van der Waals surface area contributed by atoms with E-state index < -0.39 is 0 Å². The van der Waals surface area contributed by atoms with Gasteiger partial charge in [-0.15, -0.1) is 11.3 Å². The van der Waals surface area contributed by atoms with Crippen molar-refractivity contribution >= 4 is 27.3 Å². The van der Waals surface area contributed by atoms with Gasteiger partial charge in [-0.25, -0.2) is 0 Å². The van der Waals surface area contributed by atoms with Crippen LogP contribution in [0, 0.1) is 6.92 Å². The summed E-state index contributed by atoms with van der Waals surface area (Å²) >= 11 is 5.13. The Hall–Kier alpha value is -0.840. The lowest BCUT2D eigenvalue weighted by molar-refractivity contribution is 0.183. The third kappa shape index (κ3) is 3.13. The molecule has 18 heavy (non-hydrogen) atoms. The second-order valence-electron chi connectivity index (χ2n) is 4.32. The molecule has 0 amide bonds. The summed E-state index contributed by atoms with van der Waals surface area (Å²) in [5, 5.41) is 2.04. The Morgan fingerprint density at radius 1 is 1.33 bits per heavy atom. The third-order valence-corrected chi connectivity index (χ3v) is 4.12. The van der Waals surface area contributed by atoms with E-state index in [-0.39, 0.29) is 12.1 Å². The van der Waals surface area contributed by atoms with Crippen LogP contribution in [0.15, 0.2) is 40.2 Å². The van der Waals surface area contributed by atoms with Gasteiger partial charge in [0, 0.05) is 15.4 Å². The molecule has 0 fully saturated rings. The van der Waals surface area contributed by atoms with E-state index in [4.69, 9.17) is 10.5 Å². The van der Waals surface area contributed by atoms with Crippen molar-refractivity contribution in [2.45, 2.75) is 26.0 Å². The quantitative estimate of drug-likeness (QED) is 0.910. The van der Waals surface area contributed by atoms with E-state index in [2.05, 4.69) is 22.0 Å². The topological polar surface area (TPSA) is 35.2 Å². The minimum absolute atomic E-state index is 0.0494. The van der Waals surface area contributed by atoms with Gasteiger partial charge in [-0.1, -0.05) is 22.0 Å². The van der Waals surface area contributed by atoms with E-state index >= 15 is 0 Å². The summed E-state index contributed by atoms with van der Waals surface area (Å²) < 4.78 is 7.13. The Morgan fingerprint density at radius 2 is 2.11 bits per heavy atom. The van der Waals surface area contributed by atoms with Gasteiger partial charge in [-0.2, -0.15) is 0 Å². The second kappa shape index (κ2) is 5.87. The predicted molar refractivity (Wildman–Crippen MR) is 80.2 cm³/mol. The Kier molecular flexibility index (Phi) is 4.43. The van der Waals surface area contributed by atoms with Crippen molar-refractivity contribution in [3.63, 3.8) is 0 Å². The van der Waals surface area contributed by atoms with Crippen molar-refractivity contribution in [1.29, 1.82) is 0 Å². The highest BCUT2D eigenvalue weighted by molar-refractivity contribution is 9.10. The molecule has 0 aliphatic heterocycles. The summed E-state index contributed by atoms with van der Waals surface area (Å²) in [4.78, 5) is 1.16. The van der Waals surface area contributed by atoms with Crippen LogP contribution in [0.2, 0.25) is 0 Å². The molecule has 1 aromatic heterocycles. The largest absolute Gasteiger partial charge is 0.483 e. The molecule has 0 saturated heterocycles. The lowest BCUT2D eigenvalue weighted by Crippen LogP contribution is -2.28. The smallest absolute Gasteiger partial charge is 0.148 e. The summed E-state index contributed by atoms with van der Waals surface area (Å²) in [5.41, 5.74) is 7.13. The molecule has 0 bridgehead atoms. The molecule has 1 heterocycles. The molecule has 2 aromatic rings. The minimum Gasteiger partial charge on any atom is -0.483 e. The van der Waals surface area contributed by atoms with Crippen molar-refractivity contribution in [3.05, 3.63) is 50.6 Å². The number of hydrogen-bond donors (Lipinski definition) is 1.